The summed E-state index contributed by atoms with van der Waals surface area (Å²) in [6.45, 7) is 0.417. The maximum absolute atomic E-state index is 11.4. The smallest absolute Gasteiger partial charge is 0.311 e. The lowest BCUT2D eigenvalue weighted by atomic mass is 10.3. The number of carbonyl (C=O) groups excluding carboxylic acids is 1. The zero-order valence-electron chi connectivity index (χ0n) is 10.3. The molecule has 0 fully saturated rings. The molecule has 0 spiro atoms. The van der Waals surface area contributed by atoms with Crippen molar-refractivity contribution in [1.82, 2.24) is 0 Å². The van der Waals surface area contributed by atoms with Gasteiger partial charge in [-0.25, -0.2) is 0 Å². The van der Waals surface area contributed by atoms with Crippen molar-refractivity contribution >= 4 is 11.9 Å². The maximum Gasteiger partial charge on any atom is 0.311 e. The summed E-state index contributed by atoms with van der Waals surface area (Å²) in [6, 6.07) is 6.80. The molecule has 1 aromatic rings. The average molecular weight is 251 g/mol. The van der Waals surface area contributed by atoms with Crippen LogP contribution in [0.25, 0.3) is 0 Å². The second-order valence-electron chi connectivity index (χ2n) is 3.56. The number of carbonyl (C=O) groups is 1. The molecule has 0 aliphatic rings. The molecule has 0 aliphatic heterocycles. The third-order valence-electron chi connectivity index (χ3n) is 2.12. The molecular weight excluding hydrogens is 234 g/mol. The van der Waals surface area contributed by atoms with Crippen molar-refractivity contribution in [3.05, 3.63) is 24.3 Å². The third-order valence-corrected chi connectivity index (χ3v) is 2.12. The zero-order chi connectivity index (χ0) is 13.4. The van der Waals surface area contributed by atoms with E-state index < -0.39 is 0 Å². The molecule has 1 aromatic carbocycles. The maximum atomic E-state index is 11.4. The number of aliphatic imine (C=N–C) groups is 1. The summed E-state index contributed by atoms with van der Waals surface area (Å²) in [5.41, 5.74) is 10.3. The molecule has 98 valence electrons. The van der Waals surface area contributed by atoms with Gasteiger partial charge in [-0.1, -0.05) is 0 Å². The lowest BCUT2D eigenvalue weighted by Gasteiger charge is -2.04. The van der Waals surface area contributed by atoms with Gasteiger partial charge in [-0.15, -0.1) is 0 Å². The van der Waals surface area contributed by atoms with E-state index in [9.17, 15) is 4.79 Å². The van der Waals surface area contributed by atoms with Crippen molar-refractivity contribution in [2.75, 3.05) is 13.7 Å². The van der Waals surface area contributed by atoms with Crippen molar-refractivity contribution < 1.29 is 14.3 Å². The molecule has 0 aromatic heterocycles. The monoisotopic (exact) mass is 251 g/mol. The largest absolute Gasteiger partial charge is 0.497 e. The number of guanidine groups is 1. The number of nitrogens with two attached hydrogens (primary N) is 2. The third kappa shape index (κ3) is 5.20. The van der Waals surface area contributed by atoms with E-state index in [4.69, 9.17) is 20.9 Å². The number of hydrogen-bond donors (Lipinski definition) is 2. The molecule has 1 rings (SSSR count). The first-order valence-corrected chi connectivity index (χ1v) is 5.52. The number of rotatable bonds is 6. The Balaban J connectivity index is 2.33. The number of nitrogens with zero attached hydrogens (tertiary/aromatic N) is 1. The molecule has 6 heteroatoms. The summed E-state index contributed by atoms with van der Waals surface area (Å²) in [5, 5.41) is 0. The van der Waals surface area contributed by atoms with Crippen LogP contribution >= 0.6 is 0 Å². The average Bonchev–Trinajstić information content (AvgIpc) is 2.35. The van der Waals surface area contributed by atoms with Crippen LogP contribution in [0.5, 0.6) is 11.5 Å². The first kappa shape index (κ1) is 13.8. The van der Waals surface area contributed by atoms with Crippen LogP contribution in [0.15, 0.2) is 29.3 Å². The second kappa shape index (κ2) is 7.16. The summed E-state index contributed by atoms with van der Waals surface area (Å²) in [5.74, 6) is 0.912. The highest BCUT2D eigenvalue weighted by Gasteiger charge is 2.04. The SMILES string of the molecule is COc1ccc(OC(=O)CCCN=C(N)N)cc1. The Kier molecular flexibility index (Phi) is 5.50. The molecule has 0 heterocycles. The van der Waals surface area contributed by atoms with Crippen molar-refractivity contribution in [3.8, 4) is 11.5 Å². The summed E-state index contributed by atoms with van der Waals surface area (Å²) in [7, 11) is 1.57. The van der Waals surface area contributed by atoms with Gasteiger partial charge in [-0.2, -0.15) is 0 Å². The number of benzene rings is 1. The predicted molar refractivity (Wildman–Crippen MR) is 68.5 cm³/mol. The quantitative estimate of drug-likeness (QED) is 0.254. The Morgan fingerprint density at radius 1 is 1.22 bits per heavy atom. The zero-order valence-corrected chi connectivity index (χ0v) is 10.3. The van der Waals surface area contributed by atoms with Crippen LogP contribution in [0.2, 0.25) is 0 Å². The van der Waals surface area contributed by atoms with Gasteiger partial charge in [0.25, 0.3) is 0 Å². The molecule has 6 nitrogen and oxygen atoms in total. The Hall–Kier alpha value is -2.24. The molecule has 0 atom stereocenters. The van der Waals surface area contributed by atoms with Gasteiger partial charge in [0.1, 0.15) is 11.5 Å². The minimum Gasteiger partial charge on any atom is -0.497 e. The predicted octanol–water partition coefficient (Wildman–Crippen LogP) is 0.654. The lowest BCUT2D eigenvalue weighted by Crippen LogP contribution is -2.23. The molecule has 0 unspecified atom stereocenters. The number of ether oxygens (including phenoxy) is 2. The first-order chi connectivity index (χ1) is 8.61. The molecule has 0 bridgehead atoms. The van der Waals surface area contributed by atoms with Gasteiger partial charge >= 0.3 is 5.97 Å². The van der Waals surface area contributed by atoms with Crippen molar-refractivity contribution in [3.63, 3.8) is 0 Å². The van der Waals surface area contributed by atoms with E-state index in [1.807, 2.05) is 0 Å². The summed E-state index contributed by atoms with van der Waals surface area (Å²) < 4.78 is 10.1. The molecular formula is C12H17N3O3. The van der Waals surface area contributed by atoms with Gasteiger partial charge in [-0.3, -0.25) is 9.79 Å². The summed E-state index contributed by atoms with van der Waals surface area (Å²) >= 11 is 0. The number of esters is 1. The lowest BCUT2D eigenvalue weighted by molar-refractivity contribution is -0.134. The van der Waals surface area contributed by atoms with E-state index in [0.29, 0.717) is 24.5 Å². The fraction of sp³-hybridized carbons (Fsp3) is 0.333. The van der Waals surface area contributed by atoms with E-state index >= 15 is 0 Å². The number of hydrogen-bond acceptors (Lipinski definition) is 4. The fourth-order valence-corrected chi connectivity index (χ4v) is 1.26. The van der Waals surface area contributed by atoms with Crippen molar-refractivity contribution in [2.24, 2.45) is 16.5 Å². The van der Waals surface area contributed by atoms with Crippen molar-refractivity contribution in [1.29, 1.82) is 0 Å². The number of methoxy groups -OCH3 is 1. The Morgan fingerprint density at radius 3 is 2.39 bits per heavy atom. The molecule has 0 amide bonds. The molecule has 0 aliphatic carbocycles. The molecule has 18 heavy (non-hydrogen) atoms. The second-order valence-corrected chi connectivity index (χ2v) is 3.56. The van der Waals surface area contributed by atoms with Gasteiger partial charge in [0, 0.05) is 13.0 Å². The standard InChI is InChI=1S/C12H17N3O3/c1-17-9-4-6-10(7-5-9)18-11(16)3-2-8-15-12(13)14/h4-7H,2-3,8H2,1H3,(H4,13,14,15). The van der Waals surface area contributed by atoms with Gasteiger partial charge in [0.2, 0.25) is 0 Å². The Morgan fingerprint density at radius 2 is 1.83 bits per heavy atom. The highest BCUT2D eigenvalue weighted by Crippen LogP contribution is 2.17. The van der Waals surface area contributed by atoms with Crippen LogP contribution in [0.3, 0.4) is 0 Å². The highest BCUT2D eigenvalue weighted by molar-refractivity contribution is 5.75. The highest BCUT2D eigenvalue weighted by atomic mass is 16.5. The normalized spacial score (nSPS) is 9.61. The van der Waals surface area contributed by atoms with Gasteiger partial charge in [0.05, 0.1) is 7.11 Å². The van der Waals surface area contributed by atoms with Crippen LogP contribution in [0, 0.1) is 0 Å². The first-order valence-electron chi connectivity index (χ1n) is 5.52. The van der Waals surface area contributed by atoms with E-state index in [1.165, 1.54) is 0 Å². The van der Waals surface area contributed by atoms with Crippen LogP contribution in [-0.2, 0) is 4.79 Å². The molecule has 0 saturated heterocycles. The van der Waals surface area contributed by atoms with Crippen LogP contribution < -0.4 is 20.9 Å². The van der Waals surface area contributed by atoms with Gasteiger partial charge < -0.3 is 20.9 Å². The topological polar surface area (TPSA) is 99.9 Å². The van der Waals surface area contributed by atoms with E-state index in [-0.39, 0.29) is 18.3 Å². The van der Waals surface area contributed by atoms with Gasteiger partial charge in [-0.05, 0) is 30.7 Å². The molecule has 0 saturated carbocycles. The fourth-order valence-electron chi connectivity index (χ4n) is 1.26. The van der Waals surface area contributed by atoms with Gasteiger partial charge in [0.15, 0.2) is 5.96 Å². The van der Waals surface area contributed by atoms with E-state index in [0.717, 1.165) is 0 Å². The summed E-state index contributed by atoms with van der Waals surface area (Å²) in [4.78, 5) is 15.2. The van der Waals surface area contributed by atoms with Crippen molar-refractivity contribution in [2.45, 2.75) is 12.8 Å². The minimum absolute atomic E-state index is 0.0264. The minimum atomic E-state index is -0.314. The van der Waals surface area contributed by atoms with Crippen LogP contribution in [-0.4, -0.2) is 25.6 Å². The van der Waals surface area contributed by atoms with Crippen LogP contribution in [0.4, 0.5) is 0 Å². The van der Waals surface area contributed by atoms with E-state index in [1.54, 1.807) is 31.4 Å². The van der Waals surface area contributed by atoms with Crippen LogP contribution in [0.1, 0.15) is 12.8 Å². The molecule has 0 radical (unpaired) electrons. The van der Waals surface area contributed by atoms with E-state index in [2.05, 4.69) is 4.99 Å². The Bertz CT molecular complexity index is 411. The molecule has 4 N–H and O–H groups in total. The Labute approximate surface area is 106 Å². The summed E-state index contributed by atoms with van der Waals surface area (Å²) in [6.07, 6.45) is 0.815.